The number of rotatable bonds is 8. The Labute approximate surface area is 183 Å². The van der Waals surface area contributed by atoms with Gasteiger partial charge in [0.2, 0.25) is 0 Å². The minimum absolute atomic E-state index is 0.204. The number of carbonyl (C=O) groups excluding carboxylic acids is 2. The summed E-state index contributed by atoms with van der Waals surface area (Å²) in [7, 11) is 0. The van der Waals surface area contributed by atoms with E-state index in [0.717, 1.165) is 32.7 Å². The molecule has 8 heteroatoms. The lowest BCUT2D eigenvalue weighted by Gasteiger charge is -2.40. The molecule has 7 nitrogen and oxygen atoms in total. The molecule has 1 N–H and O–H groups in total. The van der Waals surface area contributed by atoms with Crippen LogP contribution in [0.25, 0.3) is 0 Å². The van der Waals surface area contributed by atoms with E-state index >= 15 is 0 Å². The predicted octanol–water partition coefficient (Wildman–Crippen LogP) is 2.53. The number of hydrogen-bond donors (Lipinski definition) is 1. The van der Waals surface area contributed by atoms with Crippen LogP contribution in [-0.2, 0) is 9.53 Å². The summed E-state index contributed by atoms with van der Waals surface area (Å²) in [6.07, 6.45) is 1.62. The first kappa shape index (κ1) is 23.0. The number of carbonyl (C=O) groups is 2. The molecule has 3 rings (SSSR count). The fourth-order valence-electron chi connectivity index (χ4n) is 4.06. The maximum atomic E-state index is 14.0. The van der Waals surface area contributed by atoms with E-state index in [0.29, 0.717) is 23.4 Å². The van der Waals surface area contributed by atoms with E-state index in [4.69, 9.17) is 4.74 Å². The number of nitrogens with one attached hydrogen (secondary N) is 1. The number of amides is 2. The van der Waals surface area contributed by atoms with E-state index in [2.05, 4.69) is 28.6 Å². The summed E-state index contributed by atoms with van der Waals surface area (Å²) in [5.41, 5.74) is 1.43. The normalized spacial score (nSPS) is 20.5. The number of benzene rings is 1. The van der Waals surface area contributed by atoms with Crippen molar-refractivity contribution in [3.8, 4) is 0 Å². The number of esters is 1. The van der Waals surface area contributed by atoms with Gasteiger partial charge in [-0.2, -0.15) is 0 Å². The Morgan fingerprint density at radius 1 is 1.26 bits per heavy atom. The van der Waals surface area contributed by atoms with Crippen LogP contribution in [0.4, 0.5) is 9.18 Å². The lowest BCUT2D eigenvalue weighted by atomic mass is 9.94. The first-order chi connectivity index (χ1) is 15.0. The van der Waals surface area contributed by atoms with Crippen molar-refractivity contribution >= 4 is 12.0 Å². The second kappa shape index (κ2) is 10.5. The average Bonchev–Trinajstić information content (AvgIpc) is 2.76. The Morgan fingerprint density at radius 2 is 1.97 bits per heavy atom. The number of hydrogen-bond acceptors (Lipinski definition) is 5. The monoisotopic (exact) mass is 430 g/mol. The van der Waals surface area contributed by atoms with Crippen molar-refractivity contribution in [2.75, 3.05) is 52.4 Å². The van der Waals surface area contributed by atoms with Crippen LogP contribution in [0.1, 0.15) is 25.5 Å². The van der Waals surface area contributed by atoms with E-state index in [1.807, 2.05) is 0 Å². The molecule has 1 saturated heterocycles. The maximum absolute atomic E-state index is 14.0. The van der Waals surface area contributed by atoms with Crippen molar-refractivity contribution in [2.24, 2.45) is 0 Å². The molecular formula is C23H31FN4O3. The molecule has 0 aromatic heterocycles. The third kappa shape index (κ3) is 5.32. The number of piperazine rings is 1. The van der Waals surface area contributed by atoms with Crippen LogP contribution in [0.5, 0.6) is 0 Å². The van der Waals surface area contributed by atoms with E-state index in [1.165, 1.54) is 17.0 Å². The zero-order chi connectivity index (χ0) is 22.4. The summed E-state index contributed by atoms with van der Waals surface area (Å²) >= 11 is 0. The molecule has 0 spiro atoms. The topological polar surface area (TPSA) is 65.1 Å². The van der Waals surface area contributed by atoms with E-state index in [-0.39, 0.29) is 19.2 Å². The highest BCUT2D eigenvalue weighted by molar-refractivity contribution is 5.95. The fraction of sp³-hybridized carbons (Fsp3) is 0.478. The molecule has 2 heterocycles. The molecule has 31 heavy (non-hydrogen) atoms. The molecule has 2 amide bonds. The summed E-state index contributed by atoms with van der Waals surface area (Å²) < 4.78 is 19.3. The highest BCUT2D eigenvalue weighted by Crippen LogP contribution is 2.32. The largest absolute Gasteiger partial charge is 0.463 e. The second-order valence-corrected chi connectivity index (χ2v) is 7.63. The lowest BCUT2D eigenvalue weighted by molar-refractivity contribution is -0.139. The zero-order valence-electron chi connectivity index (χ0n) is 18.3. The second-order valence-electron chi connectivity index (χ2n) is 7.63. The van der Waals surface area contributed by atoms with Crippen LogP contribution in [0.2, 0.25) is 0 Å². The number of urea groups is 1. The molecule has 168 valence electrons. The molecule has 0 unspecified atom stereocenters. The van der Waals surface area contributed by atoms with Gasteiger partial charge in [-0.25, -0.2) is 14.0 Å². The summed E-state index contributed by atoms with van der Waals surface area (Å²) in [6.45, 7) is 13.1. The van der Waals surface area contributed by atoms with Gasteiger partial charge in [0.1, 0.15) is 5.82 Å². The Morgan fingerprint density at radius 3 is 2.58 bits per heavy atom. The van der Waals surface area contributed by atoms with Crippen molar-refractivity contribution in [1.29, 1.82) is 0 Å². The van der Waals surface area contributed by atoms with Gasteiger partial charge in [-0.05, 0) is 31.2 Å². The number of likely N-dealkylation sites (N-methyl/N-ethyl adjacent to an activating group) is 1. The quantitative estimate of drug-likeness (QED) is 0.507. The zero-order valence-corrected chi connectivity index (χ0v) is 18.3. The Balaban J connectivity index is 2.04. The summed E-state index contributed by atoms with van der Waals surface area (Å²) in [4.78, 5) is 32.2. The van der Waals surface area contributed by atoms with Gasteiger partial charge in [-0.3, -0.25) is 9.80 Å². The van der Waals surface area contributed by atoms with Gasteiger partial charge in [0.05, 0.1) is 18.2 Å². The lowest BCUT2D eigenvalue weighted by Crippen LogP contribution is -2.53. The van der Waals surface area contributed by atoms with Crippen molar-refractivity contribution in [2.45, 2.75) is 19.9 Å². The molecule has 1 atom stereocenters. The Kier molecular flexibility index (Phi) is 7.81. The fourth-order valence-corrected chi connectivity index (χ4v) is 4.06. The minimum Gasteiger partial charge on any atom is -0.463 e. The molecule has 2 aliphatic rings. The van der Waals surface area contributed by atoms with Gasteiger partial charge < -0.3 is 15.0 Å². The molecule has 0 saturated carbocycles. The van der Waals surface area contributed by atoms with Gasteiger partial charge >= 0.3 is 12.0 Å². The molecule has 1 fully saturated rings. The SMILES string of the molecule is C=CCN1C(=O)N[C@H](c2cccc(F)c2)C(C(=O)OCC)=C1CN1CCN(CC)CC1. The predicted molar refractivity (Wildman–Crippen MR) is 117 cm³/mol. The van der Waals surface area contributed by atoms with Crippen LogP contribution in [0.3, 0.4) is 0 Å². The molecule has 1 aromatic carbocycles. The number of nitrogens with zero attached hydrogens (tertiary/aromatic N) is 3. The number of ether oxygens (including phenoxy) is 1. The molecular weight excluding hydrogens is 399 g/mol. The smallest absolute Gasteiger partial charge is 0.338 e. The summed E-state index contributed by atoms with van der Waals surface area (Å²) in [5, 5.41) is 2.85. The molecule has 0 bridgehead atoms. The Bertz CT molecular complexity index is 849. The van der Waals surface area contributed by atoms with E-state index in [9.17, 15) is 14.0 Å². The van der Waals surface area contributed by atoms with Gasteiger partial charge in [0, 0.05) is 45.0 Å². The minimum atomic E-state index is -0.782. The maximum Gasteiger partial charge on any atom is 0.338 e. The van der Waals surface area contributed by atoms with Gasteiger partial charge in [0.15, 0.2) is 0 Å². The van der Waals surface area contributed by atoms with Crippen LogP contribution in [-0.4, -0.2) is 79.1 Å². The highest BCUT2D eigenvalue weighted by atomic mass is 19.1. The van der Waals surface area contributed by atoms with Gasteiger partial charge in [0.25, 0.3) is 0 Å². The third-order valence-electron chi connectivity index (χ3n) is 5.71. The van der Waals surface area contributed by atoms with Crippen LogP contribution >= 0.6 is 0 Å². The van der Waals surface area contributed by atoms with Crippen LogP contribution in [0, 0.1) is 5.82 Å². The summed E-state index contributed by atoms with van der Waals surface area (Å²) in [6, 6.07) is 4.82. The van der Waals surface area contributed by atoms with Crippen LogP contribution < -0.4 is 5.32 Å². The third-order valence-corrected chi connectivity index (χ3v) is 5.71. The Hall–Kier alpha value is -2.71. The molecule has 2 aliphatic heterocycles. The highest BCUT2D eigenvalue weighted by Gasteiger charge is 2.38. The van der Waals surface area contributed by atoms with Crippen molar-refractivity contribution < 1.29 is 18.7 Å². The van der Waals surface area contributed by atoms with Crippen molar-refractivity contribution in [3.05, 3.63) is 59.6 Å². The van der Waals surface area contributed by atoms with Crippen molar-refractivity contribution in [1.82, 2.24) is 20.0 Å². The molecule has 1 aromatic rings. The van der Waals surface area contributed by atoms with Gasteiger partial charge in [-0.15, -0.1) is 6.58 Å². The van der Waals surface area contributed by atoms with Crippen molar-refractivity contribution in [3.63, 3.8) is 0 Å². The first-order valence-electron chi connectivity index (χ1n) is 10.8. The first-order valence-corrected chi connectivity index (χ1v) is 10.8. The van der Waals surface area contributed by atoms with E-state index < -0.39 is 17.8 Å². The average molecular weight is 431 g/mol. The summed E-state index contributed by atoms with van der Waals surface area (Å²) in [5.74, 6) is -0.936. The van der Waals surface area contributed by atoms with Crippen LogP contribution in [0.15, 0.2) is 48.2 Å². The molecule has 0 radical (unpaired) electrons. The standard InChI is InChI=1S/C23H31FN4O3/c1-4-10-28-19(16-27-13-11-26(5-2)12-14-27)20(22(29)31-6-3)21(25-23(28)30)17-8-7-9-18(24)15-17/h4,7-9,15,21H,1,5-6,10-14,16H2,2-3H3,(H,25,30)/t21-/m1/s1. The van der Waals surface area contributed by atoms with Gasteiger partial charge in [-0.1, -0.05) is 25.1 Å². The van der Waals surface area contributed by atoms with E-state index in [1.54, 1.807) is 25.1 Å². The number of halogens is 1. The molecule has 0 aliphatic carbocycles.